The van der Waals surface area contributed by atoms with Gasteiger partial charge in [-0.25, -0.2) is 0 Å². The summed E-state index contributed by atoms with van der Waals surface area (Å²) in [5, 5.41) is 11.8. The van der Waals surface area contributed by atoms with E-state index in [1.165, 1.54) is 0 Å². The first-order valence-electron chi connectivity index (χ1n) is 6.07. The van der Waals surface area contributed by atoms with Gasteiger partial charge in [0.05, 0.1) is 19.3 Å². The molecule has 3 N–H and O–H groups in total. The predicted molar refractivity (Wildman–Crippen MR) is 65.3 cm³/mol. The molecular formula is C11H23N3O3. The molecule has 1 aliphatic heterocycles. The maximum atomic E-state index is 8.68. The van der Waals surface area contributed by atoms with Gasteiger partial charge >= 0.3 is 0 Å². The van der Waals surface area contributed by atoms with Crippen molar-refractivity contribution in [3.8, 4) is 0 Å². The van der Waals surface area contributed by atoms with Gasteiger partial charge in [0.1, 0.15) is 0 Å². The van der Waals surface area contributed by atoms with E-state index < -0.39 is 0 Å². The highest BCUT2D eigenvalue weighted by molar-refractivity contribution is 5.85. The summed E-state index contributed by atoms with van der Waals surface area (Å²) in [6.07, 6.45) is 3.03. The number of ether oxygens (including phenoxy) is 2. The molecule has 0 radical (unpaired) electrons. The van der Waals surface area contributed by atoms with Gasteiger partial charge in [0, 0.05) is 20.3 Å². The quantitative estimate of drug-likeness (QED) is 0.211. The fourth-order valence-corrected chi connectivity index (χ4v) is 2.11. The van der Waals surface area contributed by atoms with E-state index in [0.29, 0.717) is 19.0 Å². The van der Waals surface area contributed by atoms with Crippen molar-refractivity contribution in [2.75, 3.05) is 40.0 Å². The number of nitrogens with two attached hydrogens (primary N) is 1. The van der Waals surface area contributed by atoms with Crippen molar-refractivity contribution >= 4 is 5.84 Å². The van der Waals surface area contributed by atoms with Crippen molar-refractivity contribution in [2.45, 2.75) is 25.3 Å². The van der Waals surface area contributed by atoms with E-state index in [0.717, 1.165) is 39.0 Å². The van der Waals surface area contributed by atoms with Crippen LogP contribution in [0.2, 0.25) is 0 Å². The second kappa shape index (κ2) is 8.27. The minimum atomic E-state index is 0.0963. The fraction of sp³-hybridized carbons (Fsp3) is 0.909. The largest absolute Gasteiger partial charge is 0.409 e. The highest BCUT2D eigenvalue weighted by atomic mass is 16.5. The lowest BCUT2D eigenvalue weighted by atomic mass is 10.2. The third kappa shape index (κ3) is 4.89. The smallest absolute Gasteiger partial charge is 0.156 e. The number of nitrogens with zero attached hydrogens (tertiary/aromatic N) is 2. The summed E-state index contributed by atoms with van der Waals surface area (Å²) in [4.78, 5) is 2.24. The molecule has 1 rings (SSSR count). The van der Waals surface area contributed by atoms with Crippen LogP contribution in [0.15, 0.2) is 5.16 Å². The highest BCUT2D eigenvalue weighted by Crippen LogP contribution is 2.17. The molecule has 0 aromatic rings. The van der Waals surface area contributed by atoms with Gasteiger partial charge in [-0.15, -0.1) is 0 Å². The standard InChI is InChI=1S/C11H23N3O3/c1-16-8-9-17-7-3-6-14-5-2-4-10(14)11(12)13-15/h10,15H,2-9H2,1H3,(H2,12,13). The Kier molecular flexibility index (Phi) is 6.91. The Morgan fingerprint density at radius 3 is 3.00 bits per heavy atom. The molecule has 17 heavy (non-hydrogen) atoms. The molecule has 1 atom stereocenters. The van der Waals surface area contributed by atoms with Crippen LogP contribution in [0.4, 0.5) is 0 Å². The van der Waals surface area contributed by atoms with E-state index in [4.69, 9.17) is 20.4 Å². The number of amidine groups is 1. The number of oxime groups is 1. The first-order valence-corrected chi connectivity index (χ1v) is 6.07. The Labute approximate surface area is 102 Å². The number of hydrogen-bond acceptors (Lipinski definition) is 5. The Morgan fingerprint density at radius 1 is 1.47 bits per heavy atom. The van der Waals surface area contributed by atoms with Gasteiger partial charge in [-0.1, -0.05) is 5.16 Å². The number of methoxy groups -OCH3 is 1. The summed E-state index contributed by atoms with van der Waals surface area (Å²) >= 11 is 0. The van der Waals surface area contributed by atoms with Crippen LogP contribution in [-0.4, -0.2) is 62.0 Å². The SMILES string of the molecule is COCCOCCCN1CCCC1C(N)=NO. The van der Waals surface area contributed by atoms with Crippen molar-refractivity contribution in [3.63, 3.8) is 0 Å². The average Bonchev–Trinajstić information content (AvgIpc) is 2.81. The van der Waals surface area contributed by atoms with Gasteiger partial charge < -0.3 is 20.4 Å². The monoisotopic (exact) mass is 245 g/mol. The zero-order valence-electron chi connectivity index (χ0n) is 10.5. The Balaban J connectivity index is 2.13. The van der Waals surface area contributed by atoms with Crippen LogP contribution in [0.1, 0.15) is 19.3 Å². The lowest BCUT2D eigenvalue weighted by molar-refractivity contribution is 0.0655. The van der Waals surface area contributed by atoms with Crippen LogP contribution in [0.3, 0.4) is 0 Å². The van der Waals surface area contributed by atoms with Gasteiger partial charge in [0.25, 0.3) is 0 Å². The van der Waals surface area contributed by atoms with Crippen LogP contribution < -0.4 is 5.73 Å². The summed E-state index contributed by atoms with van der Waals surface area (Å²) in [5.41, 5.74) is 5.65. The lowest BCUT2D eigenvalue weighted by Gasteiger charge is -2.22. The Morgan fingerprint density at radius 2 is 2.29 bits per heavy atom. The first-order chi connectivity index (χ1) is 8.29. The molecule has 0 spiro atoms. The second-order valence-electron chi connectivity index (χ2n) is 4.18. The molecule has 0 aromatic carbocycles. The molecule has 1 saturated heterocycles. The maximum Gasteiger partial charge on any atom is 0.156 e. The zero-order chi connectivity index (χ0) is 12.5. The van der Waals surface area contributed by atoms with Crippen molar-refractivity contribution in [2.24, 2.45) is 10.9 Å². The summed E-state index contributed by atoms with van der Waals surface area (Å²) in [6.45, 7) is 3.94. The van der Waals surface area contributed by atoms with Crippen LogP contribution in [0, 0.1) is 0 Å². The summed E-state index contributed by atoms with van der Waals surface area (Å²) in [7, 11) is 1.66. The normalized spacial score (nSPS) is 22.2. The van der Waals surface area contributed by atoms with Crippen molar-refractivity contribution in [1.29, 1.82) is 0 Å². The first kappa shape index (κ1) is 14.2. The van der Waals surface area contributed by atoms with E-state index in [1.807, 2.05) is 0 Å². The number of hydrogen-bond donors (Lipinski definition) is 2. The lowest BCUT2D eigenvalue weighted by Crippen LogP contribution is -2.41. The minimum absolute atomic E-state index is 0.0963. The van der Waals surface area contributed by atoms with Crippen LogP contribution >= 0.6 is 0 Å². The van der Waals surface area contributed by atoms with E-state index in [-0.39, 0.29) is 6.04 Å². The van der Waals surface area contributed by atoms with Crippen LogP contribution in [0.25, 0.3) is 0 Å². The van der Waals surface area contributed by atoms with Crippen molar-refractivity contribution in [3.05, 3.63) is 0 Å². The minimum Gasteiger partial charge on any atom is -0.409 e. The van der Waals surface area contributed by atoms with Gasteiger partial charge in [0.2, 0.25) is 0 Å². The fourth-order valence-electron chi connectivity index (χ4n) is 2.11. The zero-order valence-corrected chi connectivity index (χ0v) is 10.5. The third-order valence-corrected chi connectivity index (χ3v) is 2.99. The van der Waals surface area contributed by atoms with E-state index >= 15 is 0 Å². The molecule has 1 fully saturated rings. The van der Waals surface area contributed by atoms with Gasteiger partial charge in [-0.05, 0) is 25.8 Å². The van der Waals surface area contributed by atoms with E-state index in [9.17, 15) is 0 Å². The highest BCUT2D eigenvalue weighted by Gasteiger charge is 2.27. The molecule has 6 heteroatoms. The predicted octanol–water partition coefficient (Wildman–Crippen LogP) is 0.250. The topological polar surface area (TPSA) is 80.3 Å². The van der Waals surface area contributed by atoms with E-state index in [1.54, 1.807) is 7.11 Å². The molecule has 0 saturated carbocycles. The molecule has 1 aliphatic rings. The van der Waals surface area contributed by atoms with E-state index in [2.05, 4.69) is 10.1 Å². The van der Waals surface area contributed by atoms with Gasteiger partial charge in [-0.3, -0.25) is 4.90 Å². The summed E-state index contributed by atoms with van der Waals surface area (Å²) in [5.74, 6) is 0.322. The van der Waals surface area contributed by atoms with Gasteiger partial charge in [-0.2, -0.15) is 0 Å². The van der Waals surface area contributed by atoms with Gasteiger partial charge in [0.15, 0.2) is 5.84 Å². The molecule has 1 heterocycles. The molecule has 0 bridgehead atoms. The third-order valence-electron chi connectivity index (χ3n) is 2.99. The Bertz CT molecular complexity index is 236. The van der Waals surface area contributed by atoms with Crippen molar-refractivity contribution in [1.82, 2.24) is 4.90 Å². The number of likely N-dealkylation sites (tertiary alicyclic amines) is 1. The molecular weight excluding hydrogens is 222 g/mol. The second-order valence-corrected chi connectivity index (χ2v) is 4.18. The number of rotatable bonds is 8. The molecule has 6 nitrogen and oxygen atoms in total. The van der Waals surface area contributed by atoms with Crippen molar-refractivity contribution < 1.29 is 14.7 Å². The van der Waals surface area contributed by atoms with Crippen LogP contribution in [-0.2, 0) is 9.47 Å². The average molecular weight is 245 g/mol. The molecule has 1 unspecified atom stereocenters. The Hall–Kier alpha value is -0.850. The molecule has 0 amide bonds. The summed E-state index contributed by atoms with van der Waals surface area (Å²) < 4.78 is 10.3. The summed E-state index contributed by atoms with van der Waals surface area (Å²) in [6, 6.07) is 0.0963. The van der Waals surface area contributed by atoms with Crippen LogP contribution in [0.5, 0.6) is 0 Å². The molecule has 0 aromatic heterocycles. The maximum absolute atomic E-state index is 8.68. The molecule has 100 valence electrons. The molecule has 0 aliphatic carbocycles.